The van der Waals surface area contributed by atoms with E-state index in [4.69, 9.17) is 15.3 Å². The first kappa shape index (κ1) is 19.5. The van der Waals surface area contributed by atoms with Crippen LogP contribution in [0.15, 0.2) is 15.7 Å². The van der Waals surface area contributed by atoms with Gasteiger partial charge in [-0.25, -0.2) is 9.59 Å². The van der Waals surface area contributed by atoms with Gasteiger partial charge >= 0.3 is 17.6 Å². The van der Waals surface area contributed by atoms with E-state index in [-0.39, 0.29) is 6.42 Å². The molecule has 0 aliphatic carbocycles. The Morgan fingerprint density at radius 3 is 2.09 bits per heavy atom. The number of quaternary nitrogens is 1. The van der Waals surface area contributed by atoms with Gasteiger partial charge in [-0.15, -0.1) is 0 Å². The predicted octanol–water partition coefficient (Wildman–Crippen LogP) is -1.71. The molecule has 0 saturated carbocycles. The number of aromatic carboxylic acids is 1. The molecule has 0 aliphatic rings. The first-order valence-electron chi connectivity index (χ1n) is 6.18. The number of nitrogens with zero attached hydrogens (tertiary/aromatic N) is 1. The molecule has 1 aromatic heterocycles. The Kier molecular flexibility index (Phi) is 7.19. The molecule has 5 N–H and O–H groups in total. The lowest BCUT2D eigenvalue weighted by atomic mass is 10.2. The van der Waals surface area contributed by atoms with Gasteiger partial charge in [-0.1, -0.05) is 0 Å². The van der Waals surface area contributed by atoms with Crippen LogP contribution in [0.25, 0.3) is 0 Å². The van der Waals surface area contributed by atoms with Gasteiger partial charge in [0.05, 0.1) is 27.6 Å². The molecule has 0 saturated heterocycles. The molecule has 0 fully saturated rings. The Hall–Kier alpha value is -2.46. The second-order valence-corrected chi connectivity index (χ2v) is 5.53. The highest BCUT2D eigenvalue weighted by atomic mass is 16.4. The molecular formula is C12H20N3O7+. The molecule has 1 atom stereocenters. The molecular weight excluding hydrogens is 298 g/mol. The van der Waals surface area contributed by atoms with Crippen molar-refractivity contribution in [3.8, 4) is 0 Å². The summed E-state index contributed by atoms with van der Waals surface area (Å²) in [5, 5.41) is 25.8. The SMILES string of the molecule is C[N+](C)(C)CC(O)CC(=O)O.O=C(O)c1cc(=O)[nH]c(=O)[nH]1. The van der Waals surface area contributed by atoms with E-state index in [1.165, 1.54) is 0 Å². The van der Waals surface area contributed by atoms with Crippen molar-refractivity contribution in [3.05, 3.63) is 32.6 Å². The topological polar surface area (TPSA) is 161 Å². The molecule has 22 heavy (non-hydrogen) atoms. The Bertz CT molecular complexity index is 598. The molecule has 0 aromatic carbocycles. The van der Waals surface area contributed by atoms with Crippen molar-refractivity contribution in [2.45, 2.75) is 12.5 Å². The molecule has 0 radical (unpaired) electrons. The van der Waals surface area contributed by atoms with Crippen molar-refractivity contribution >= 4 is 11.9 Å². The molecule has 1 heterocycles. The van der Waals surface area contributed by atoms with Crippen LogP contribution < -0.4 is 11.2 Å². The van der Waals surface area contributed by atoms with Crippen LogP contribution in [0.2, 0.25) is 0 Å². The van der Waals surface area contributed by atoms with Gasteiger partial charge in [0.25, 0.3) is 5.56 Å². The molecule has 1 rings (SSSR count). The fourth-order valence-electron chi connectivity index (χ4n) is 1.48. The largest absolute Gasteiger partial charge is 0.481 e. The van der Waals surface area contributed by atoms with Crippen LogP contribution in [0.3, 0.4) is 0 Å². The number of likely N-dealkylation sites (N-methyl/N-ethyl adjacent to an activating group) is 1. The highest BCUT2D eigenvalue weighted by molar-refractivity contribution is 5.84. The lowest BCUT2D eigenvalue weighted by molar-refractivity contribution is -0.873. The average molecular weight is 318 g/mol. The summed E-state index contributed by atoms with van der Waals surface area (Å²) < 4.78 is 0.578. The summed E-state index contributed by atoms with van der Waals surface area (Å²) in [7, 11) is 5.72. The van der Waals surface area contributed by atoms with Crippen molar-refractivity contribution < 1.29 is 29.4 Å². The molecule has 0 spiro atoms. The van der Waals surface area contributed by atoms with Gasteiger partial charge in [-0.3, -0.25) is 14.6 Å². The molecule has 124 valence electrons. The van der Waals surface area contributed by atoms with Crippen molar-refractivity contribution in [2.75, 3.05) is 27.7 Å². The van der Waals surface area contributed by atoms with Crippen molar-refractivity contribution in [3.63, 3.8) is 0 Å². The van der Waals surface area contributed by atoms with Crippen LogP contribution in [0, 0.1) is 0 Å². The zero-order valence-electron chi connectivity index (χ0n) is 12.5. The third-order valence-electron chi connectivity index (χ3n) is 2.16. The molecule has 0 amide bonds. The minimum Gasteiger partial charge on any atom is -0.481 e. The quantitative estimate of drug-likeness (QED) is 0.404. The minimum atomic E-state index is -1.34. The van der Waals surface area contributed by atoms with Crippen LogP contribution in [0.1, 0.15) is 16.9 Å². The fraction of sp³-hybridized carbons (Fsp3) is 0.500. The first-order chi connectivity index (χ1) is 9.90. The van der Waals surface area contributed by atoms with E-state index in [9.17, 15) is 19.2 Å². The van der Waals surface area contributed by atoms with Crippen LogP contribution >= 0.6 is 0 Å². The second kappa shape index (κ2) is 8.10. The van der Waals surface area contributed by atoms with Gasteiger partial charge in [0.15, 0.2) is 0 Å². The number of aromatic amines is 2. The van der Waals surface area contributed by atoms with Gasteiger partial charge in [-0.2, -0.15) is 0 Å². The van der Waals surface area contributed by atoms with Gasteiger partial charge < -0.3 is 24.8 Å². The molecule has 1 aromatic rings. The zero-order chi connectivity index (χ0) is 17.5. The maximum atomic E-state index is 10.5. The summed E-state index contributed by atoms with van der Waals surface area (Å²) in [5.41, 5.74) is -1.97. The second-order valence-electron chi connectivity index (χ2n) is 5.53. The minimum absolute atomic E-state index is 0.171. The van der Waals surface area contributed by atoms with E-state index in [2.05, 4.69) is 0 Å². The normalized spacial score (nSPS) is 12.0. The Morgan fingerprint density at radius 1 is 1.18 bits per heavy atom. The zero-order valence-corrected chi connectivity index (χ0v) is 12.5. The third kappa shape index (κ3) is 9.44. The van der Waals surface area contributed by atoms with E-state index in [1.54, 1.807) is 0 Å². The number of carboxylic acids is 2. The third-order valence-corrected chi connectivity index (χ3v) is 2.16. The number of hydrogen-bond donors (Lipinski definition) is 5. The highest BCUT2D eigenvalue weighted by Crippen LogP contribution is 1.98. The number of nitrogens with one attached hydrogen (secondary N) is 2. The number of aromatic nitrogens is 2. The Labute approximate surface area is 125 Å². The monoisotopic (exact) mass is 318 g/mol. The first-order valence-corrected chi connectivity index (χ1v) is 6.18. The summed E-state index contributed by atoms with van der Waals surface area (Å²) in [6.45, 7) is 0.465. The number of hydrogen-bond acceptors (Lipinski definition) is 5. The lowest BCUT2D eigenvalue weighted by Crippen LogP contribution is -2.42. The smallest absolute Gasteiger partial charge is 0.352 e. The van der Waals surface area contributed by atoms with Crippen molar-refractivity contribution in [1.29, 1.82) is 0 Å². The summed E-state index contributed by atoms with van der Waals surface area (Å²) in [4.78, 5) is 45.0. The summed E-state index contributed by atoms with van der Waals surface area (Å²) in [6.07, 6.45) is -0.914. The predicted molar refractivity (Wildman–Crippen MR) is 75.8 cm³/mol. The number of carbonyl (C=O) groups is 2. The van der Waals surface area contributed by atoms with E-state index >= 15 is 0 Å². The maximum absolute atomic E-state index is 10.5. The number of aliphatic hydroxyl groups excluding tert-OH is 1. The van der Waals surface area contributed by atoms with Gasteiger partial charge in [0.2, 0.25) is 0 Å². The lowest BCUT2D eigenvalue weighted by Gasteiger charge is -2.25. The Morgan fingerprint density at radius 2 is 1.73 bits per heavy atom. The van der Waals surface area contributed by atoms with Gasteiger partial charge in [-0.05, 0) is 0 Å². The van der Waals surface area contributed by atoms with Crippen LogP contribution in [0.4, 0.5) is 0 Å². The van der Waals surface area contributed by atoms with E-state index < -0.39 is 35.0 Å². The molecule has 10 nitrogen and oxygen atoms in total. The molecule has 0 aliphatic heterocycles. The van der Waals surface area contributed by atoms with E-state index in [0.29, 0.717) is 11.0 Å². The van der Waals surface area contributed by atoms with Crippen molar-refractivity contribution in [2.24, 2.45) is 0 Å². The highest BCUT2D eigenvalue weighted by Gasteiger charge is 2.17. The molecule has 10 heteroatoms. The number of rotatable bonds is 5. The summed E-state index contributed by atoms with van der Waals surface area (Å²) in [5.74, 6) is -2.29. The van der Waals surface area contributed by atoms with Crippen LogP contribution in [-0.4, -0.2) is 75.5 Å². The number of H-pyrrole nitrogens is 2. The summed E-state index contributed by atoms with van der Waals surface area (Å²) in [6, 6.07) is 0.795. The number of aliphatic carboxylic acids is 1. The molecule has 1 unspecified atom stereocenters. The van der Waals surface area contributed by atoms with Crippen LogP contribution in [-0.2, 0) is 4.79 Å². The molecule has 0 bridgehead atoms. The summed E-state index contributed by atoms with van der Waals surface area (Å²) >= 11 is 0. The Balaban J connectivity index is 0.000000401. The van der Waals surface area contributed by atoms with E-state index in [1.807, 2.05) is 31.1 Å². The van der Waals surface area contributed by atoms with Crippen molar-refractivity contribution in [1.82, 2.24) is 9.97 Å². The average Bonchev–Trinajstić information content (AvgIpc) is 2.24. The van der Waals surface area contributed by atoms with Gasteiger partial charge in [0.1, 0.15) is 18.3 Å². The standard InChI is InChI=1S/C7H15NO3.C5H4N2O4/c1-8(2,3)5-6(9)4-7(10)11;8-3-1-2(4(9)10)6-5(11)7-3/h6,9H,4-5H2,1-3H3;1H,(H,9,10)(H2,6,7,8,11)/p+1. The maximum Gasteiger partial charge on any atom is 0.352 e. The number of carboxylic acid groups (broad SMARTS) is 2. The number of aliphatic hydroxyl groups is 1. The fourth-order valence-corrected chi connectivity index (χ4v) is 1.48. The van der Waals surface area contributed by atoms with Crippen LogP contribution in [0.5, 0.6) is 0 Å². The van der Waals surface area contributed by atoms with Gasteiger partial charge in [0, 0.05) is 6.07 Å². The van der Waals surface area contributed by atoms with E-state index in [0.717, 1.165) is 6.07 Å².